The van der Waals surface area contributed by atoms with Gasteiger partial charge in [0.05, 0.1) is 0 Å². The summed E-state index contributed by atoms with van der Waals surface area (Å²) in [6, 6.07) is 0. The third-order valence-corrected chi connectivity index (χ3v) is 3.10. The van der Waals surface area contributed by atoms with Gasteiger partial charge in [-0.3, -0.25) is 4.99 Å². The van der Waals surface area contributed by atoms with Crippen LogP contribution in [-0.2, 0) is 0 Å². The van der Waals surface area contributed by atoms with E-state index in [1.54, 1.807) is 14.0 Å². The van der Waals surface area contributed by atoms with E-state index in [1.807, 2.05) is 26.1 Å². The molecule has 16 heavy (non-hydrogen) atoms. The Kier molecular flexibility index (Phi) is 7.27. The summed E-state index contributed by atoms with van der Waals surface area (Å²) in [5.74, 6) is 0.758. The summed E-state index contributed by atoms with van der Waals surface area (Å²) in [6.07, 6.45) is 7.55. The minimum Gasteiger partial charge on any atom is -0.296 e. The summed E-state index contributed by atoms with van der Waals surface area (Å²) in [6.45, 7) is 7.94. The molecule has 0 unspecified atom stereocenters. The van der Waals surface area contributed by atoms with Crippen LogP contribution < -0.4 is 0 Å². The van der Waals surface area contributed by atoms with Gasteiger partial charge in [0.1, 0.15) is 5.67 Å². The minimum absolute atomic E-state index is 0.758. The van der Waals surface area contributed by atoms with E-state index in [-0.39, 0.29) is 0 Å². The van der Waals surface area contributed by atoms with Gasteiger partial charge in [0, 0.05) is 13.3 Å². The van der Waals surface area contributed by atoms with Crippen molar-refractivity contribution in [3.8, 4) is 0 Å². The molecule has 1 saturated carbocycles. The fourth-order valence-electron chi connectivity index (χ4n) is 1.64. The van der Waals surface area contributed by atoms with Gasteiger partial charge in [-0.1, -0.05) is 13.0 Å². The average Bonchev–Trinajstić information content (AvgIpc) is 2.24. The molecule has 1 fully saturated rings. The van der Waals surface area contributed by atoms with E-state index < -0.39 is 5.67 Å². The average molecular weight is 227 g/mol. The van der Waals surface area contributed by atoms with E-state index in [9.17, 15) is 4.39 Å². The van der Waals surface area contributed by atoms with Gasteiger partial charge >= 0.3 is 0 Å². The zero-order valence-corrected chi connectivity index (χ0v) is 11.4. The molecule has 0 atom stereocenters. The lowest BCUT2D eigenvalue weighted by molar-refractivity contribution is 0.108. The second kappa shape index (κ2) is 7.59. The van der Waals surface area contributed by atoms with Crippen LogP contribution in [0.5, 0.6) is 0 Å². The monoisotopic (exact) mass is 227 g/mol. The highest BCUT2D eigenvalue weighted by Crippen LogP contribution is 2.33. The van der Waals surface area contributed by atoms with Crippen molar-refractivity contribution in [3.05, 3.63) is 11.6 Å². The van der Waals surface area contributed by atoms with Gasteiger partial charge in [-0.25, -0.2) is 4.39 Å². The number of hydrogen-bond acceptors (Lipinski definition) is 1. The first-order chi connectivity index (χ1) is 7.41. The minimum atomic E-state index is -0.841. The van der Waals surface area contributed by atoms with E-state index in [2.05, 4.69) is 11.9 Å². The molecule has 2 heteroatoms. The second-order valence-corrected chi connectivity index (χ2v) is 5.02. The topological polar surface area (TPSA) is 12.4 Å². The quantitative estimate of drug-likeness (QED) is 0.581. The molecule has 0 spiro atoms. The van der Waals surface area contributed by atoms with E-state index in [1.165, 1.54) is 5.57 Å². The van der Waals surface area contributed by atoms with Crippen molar-refractivity contribution in [2.45, 2.75) is 59.0 Å². The van der Waals surface area contributed by atoms with E-state index >= 15 is 0 Å². The summed E-state index contributed by atoms with van der Waals surface area (Å²) >= 11 is 0. The summed E-state index contributed by atoms with van der Waals surface area (Å²) in [4.78, 5) is 3.81. The number of hydrogen-bond donors (Lipinski definition) is 0. The zero-order chi connectivity index (χ0) is 12.6. The highest BCUT2D eigenvalue weighted by Gasteiger charge is 2.28. The van der Waals surface area contributed by atoms with Gasteiger partial charge in [0.25, 0.3) is 0 Å². The lowest BCUT2D eigenvalue weighted by atomic mass is 9.82. The predicted octanol–water partition coefficient (Wildman–Crippen LogP) is 4.58. The molecule has 0 aromatic carbocycles. The van der Waals surface area contributed by atoms with Crippen LogP contribution in [0.15, 0.2) is 16.6 Å². The van der Waals surface area contributed by atoms with Crippen molar-refractivity contribution in [3.63, 3.8) is 0 Å². The molecule has 0 heterocycles. The molecule has 0 amide bonds. The van der Waals surface area contributed by atoms with Crippen molar-refractivity contribution in [1.29, 1.82) is 0 Å². The molecular formula is C14H26FN. The van der Waals surface area contributed by atoms with Crippen LogP contribution in [0.25, 0.3) is 0 Å². The van der Waals surface area contributed by atoms with Crippen molar-refractivity contribution >= 4 is 6.21 Å². The first kappa shape index (κ1) is 15.3. The smallest absolute Gasteiger partial charge is 0.108 e. The molecule has 1 nitrogen and oxygen atoms in total. The maximum absolute atomic E-state index is 13.0. The van der Waals surface area contributed by atoms with E-state index in [0.717, 1.165) is 31.6 Å². The Bertz CT molecular complexity index is 231. The Morgan fingerprint density at radius 2 is 1.88 bits per heavy atom. The number of aliphatic imine (C=N–C) groups is 1. The van der Waals surface area contributed by atoms with Gasteiger partial charge in [-0.05, 0) is 57.9 Å². The van der Waals surface area contributed by atoms with Gasteiger partial charge in [0.15, 0.2) is 0 Å². The van der Waals surface area contributed by atoms with Gasteiger partial charge in [0.2, 0.25) is 0 Å². The van der Waals surface area contributed by atoms with Gasteiger partial charge < -0.3 is 0 Å². The Balaban J connectivity index is 0.000000293. The third-order valence-electron chi connectivity index (χ3n) is 3.10. The number of halogens is 1. The van der Waals surface area contributed by atoms with Crippen LogP contribution in [0.1, 0.15) is 53.4 Å². The molecule has 0 saturated heterocycles. The molecular weight excluding hydrogens is 201 g/mol. The molecule has 0 aromatic heterocycles. The Morgan fingerprint density at radius 3 is 2.12 bits per heavy atom. The molecule has 0 radical (unpaired) electrons. The number of rotatable bonds is 1. The zero-order valence-electron chi connectivity index (χ0n) is 11.4. The number of nitrogens with zero attached hydrogens (tertiary/aromatic N) is 1. The lowest BCUT2D eigenvalue weighted by Gasteiger charge is -2.28. The fourth-order valence-corrected chi connectivity index (χ4v) is 1.64. The lowest BCUT2D eigenvalue weighted by Crippen LogP contribution is -2.24. The largest absolute Gasteiger partial charge is 0.296 e. The highest BCUT2D eigenvalue weighted by molar-refractivity contribution is 5.77. The van der Waals surface area contributed by atoms with Gasteiger partial charge in [-0.15, -0.1) is 0 Å². The van der Waals surface area contributed by atoms with Crippen LogP contribution >= 0.6 is 0 Å². The maximum Gasteiger partial charge on any atom is 0.108 e. The van der Waals surface area contributed by atoms with Crippen molar-refractivity contribution in [1.82, 2.24) is 0 Å². The van der Waals surface area contributed by atoms with Crippen LogP contribution in [0.2, 0.25) is 0 Å². The van der Waals surface area contributed by atoms with Crippen molar-refractivity contribution in [2.75, 3.05) is 7.05 Å². The standard InChI is InChI=1S/C8H15F.C6H11N/c1-7-3-5-8(2,9)6-4-7;1-4-6(2)5-7-3/h7H,3-6H2,1-2H3;4-5H,1-3H3/b;6-4-,7-5?. The first-order valence-corrected chi connectivity index (χ1v) is 6.15. The number of allylic oxidation sites excluding steroid dienone is 2. The molecule has 1 aliphatic rings. The molecule has 1 aliphatic carbocycles. The van der Waals surface area contributed by atoms with Crippen LogP contribution in [0.4, 0.5) is 4.39 Å². The summed E-state index contributed by atoms with van der Waals surface area (Å²) < 4.78 is 13.0. The second-order valence-electron chi connectivity index (χ2n) is 5.02. The van der Waals surface area contributed by atoms with Crippen LogP contribution in [0.3, 0.4) is 0 Å². The van der Waals surface area contributed by atoms with E-state index in [4.69, 9.17) is 0 Å². The highest BCUT2D eigenvalue weighted by atomic mass is 19.1. The summed E-state index contributed by atoms with van der Waals surface area (Å²) in [5.41, 5.74) is 0.370. The molecule has 1 rings (SSSR count). The number of alkyl halides is 1. The molecule has 0 aliphatic heterocycles. The SMILES string of the molecule is C/C=C(/C)C=NC.CC1CCC(C)(F)CC1. The summed E-state index contributed by atoms with van der Waals surface area (Å²) in [5, 5.41) is 0. The molecule has 94 valence electrons. The Morgan fingerprint density at radius 1 is 1.38 bits per heavy atom. The third kappa shape index (κ3) is 7.61. The fraction of sp³-hybridized carbons (Fsp3) is 0.786. The summed E-state index contributed by atoms with van der Waals surface area (Å²) in [7, 11) is 1.77. The van der Waals surface area contributed by atoms with E-state index in [0.29, 0.717) is 0 Å². The first-order valence-electron chi connectivity index (χ1n) is 6.15. The van der Waals surface area contributed by atoms with Crippen molar-refractivity contribution < 1.29 is 4.39 Å². The van der Waals surface area contributed by atoms with Crippen LogP contribution in [0, 0.1) is 5.92 Å². The van der Waals surface area contributed by atoms with Crippen molar-refractivity contribution in [2.24, 2.45) is 10.9 Å². The normalized spacial score (nSPS) is 31.1. The van der Waals surface area contributed by atoms with Crippen LogP contribution in [-0.4, -0.2) is 18.9 Å². The Labute approximate surface area is 99.9 Å². The maximum atomic E-state index is 13.0. The Hall–Kier alpha value is -0.660. The molecule has 0 aromatic rings. The molecule has 0 N–H and O–H groups in total. The van der Waals surface area contributed by atoms with Gasteiger partial charge in [-0.2, -0.15) is 0 Å². The predicted molar refractivity (Wildman–Crippen MR) is 71.0 cm³/mol. The molecule has 0 bridgehead atoms.